The Balaban J connectivity index is 1.67. The molecule has 2 N–H and O–H groups in total. The predicted octanol–water partition coefficient (Wildman–Crippen LogP) is 3.23. The number of hydrogen-bond donors (Lipinski definition) is 2. The Hall–Kier alpha value is -3.10. The lowest BCUT2D eigenvalue weighted by molar-refractivity contribution is -0.245. The lowest BCUT2D eigenvalue weighted by atomic mass is 9.86. The molecule has 2 fully saturated rings. The maximum absolute atomic E-state index is 13.0. The quantitative estimate of drug-likeness (QED) is 0.741. The average molecular weight is 440 g/mol. The fourth-order valence-electron chi connectivity index (χ4n) is 4.40. The molecule has 0 spiro atoms. The minimum atomic E-state index is -1.96. The number of nitrogens with zero attached hydrogens (tertiary/aromatic N) is 2. The van der Waals surface area contributed by atoms with E-state index in [1.54, 1.807) is 13.8 Å². The predicted molar refractivity (Wildman–Crippen MR) is 115 cm³/mol. The summed E-state index contributed by atoms with van der Waals surface area (Å²) in [5, 5.41) is 24.5. The van der Waals surface area contributed by atoms with Crippen molar-refractivity contribution >= 4 is 12.2 Å². The zero-order valence-corrected chi connectivity index (χ0v) is 18.6. The van der Waals surface area contributed by atoms with Crippen LogP contribution < -0.4 is 0 Å². The Kier molecular flexibility index (Phi) is 4.98. The highest BCUT2D eigenvalue weighted by molar-refractivity contribution is 5.79. The van der Waals surface area contributed by atoms with E-state index < -0.39 is 34.8 Å². The number of carbonyl (C=O) groups is 2. The maximum atomic E-state index is 13.0. The van der Waals surface area contributed by atoms with Crippen LogP contribution in [0.3, 0.4) is 0 Å². The molecule has 4 atom stereocenters. The molecular weight excluding hydrogens is 412 g/mol. The standard InChI is InChI=1S/C24H28N2O6/c1-21(15-17-11-7-5-8-12-17)23(3,29)25(19(27)31-21)26-20(28)32-22(2,24(26,4)30)16-18-13-9-6-10-14-18/h5-14,29-30H,15-16H2,1-4H3/t21-,22+,23-,24-/m0/s1. The Morgan fingerprint density at radius 1 is 0.656 bits per heavy atom. The van der Waals surface area contributed by atoms with Gasteiger partial charge in [-0.3, -0.25) is 0 Å². The first-order chi connectivity index (χ1) is 14.9. The normalized spacial score (nSPS) is 34.6. The van der Waals surface area contributed by atoms with Crippen LogP contribution >= 0.6 is 0 Å². The van der Waals surface area contributed by atoms with Crippen LogP contribution in [0.25, 0.3) is 0 Å². The van der Waals surface area contributed by atoms with E-state index >= 15 is 0 Å². The Labute approximate surface area is 186 Å². The number of rotatable bonds is 5. The summed E-state index contributed by atoms with van der Waals surface area (Å²) in [5.74, 6) is 0. The summed E-state index contributed by atoms with van der Waals surface area (Å²) in [6.45, 7) is 5.96. The van der Waals surface area contributed by atoms with Crippen LogP contribution in [0.2, 0.25) is 0 Å². The van der Waals surface area contributed by atoms with Crippen LogP contribution in [0.15, 0.2) is 60.7 Å². The van der Waals surface area contributed by atoms with Crippen LogP contribution in [0, 0.1) is 0 Å². The van der Waals surface area contributed by atoms with Gasteiger partial charge in [0.1, 0.15) is 0 Å². The zero-order chi connectivity index (χ0) is 23.4. The van der Waals surface area contributed by atoms with Gasteiger partial charge >= 0.3 is 12.2 Å². The molecule has 2 saturated heterocycles. The second-order valence-electron chi connectivity index (χ2n) is 9.19. The monoisotopic (exact) mass is 440 g/mol. The molecule has 2 aliphatic heterocycles. The number of carbonyl (C=O) groups excluding carboxylic acids is 2. The Morgan fingerprint density at radius 2 is 0.969 bits per heavy atom. The third kappa shape index (κ3) is 3.22. The molecule has 2 aromatic rings. The summed E-state index contributed by atoms with van der Waals surface area (Å²) in [6, 6.07) is 18.5. The van der Waals surface area contributed by atoms with Gasteiger partial charge < -0.3 is 19.7 Å². The molecular formula is C24H28N2O6. The lowest BCUT2D eigenvalue weighted by Gasteiger charge is -2.44. The van der Waals surface area contributed by atoms with Crippen LogP contribution in [0.1, 0.15) is 38.8 Å². The summed E-state index contributed by atoms with van der Waals surface area (Å²) in [6.07, 6.45) is -1.49. The molecule has 0 unspecified atom stereocenters. The highest BCUT2D eigenvalue weighted by atomic mass is 16.7. The summed E-state index contributed by atoms with van der Waals surface area (Å²) < 4.78 is 11.2. The van der Waals surface area contributed by atoms with Crippen LogP contribution in [-0.4, -0.2) is 55.1 Å². The van der Waals surface area contributed by atoms with Gasteiger partial charge in [-0.25, -0.2) is 9.59 Å². The van der Waals surface area contributed by atoms with Crippen LogP contribution in [0.5, 0.6) is 0 Å². The van der Waals surface area contributed by atoms with Crippen molar-refractivity contribution in [2.45, 2.75) is 63.2 Å². The van der Waals surface area contributed by atoms with Gasteiger partial charge in [0.25, 0.3) is 0 Å². The molecule has 0 bridgehead atoms. The first-order valence-corrected chi connectivity index (χ1v) is 10.5. The molecule has 8 heteroatoms. The lowest BCUT2D eigenvalue weighted by Crippen LogP contribution is -2.68. The van der Waals surface area contributed by atoms with Crippen molar-refractivity contribution in [2.24, 2.45) is 0 Å². The maximum Gasteiger partial charge on any atom is 0.432 e. The van der Waals surface area contributed by atoms with Gasteiger partial charge in [0.05, 0.1) is 0 Å². The van der Waals surface area contributed by atoms with Gasteiger partial charge in [0.2, 0.25) is 11.4 Å². The Morgan fingerprint density at radius 3 is 1.28 bits per heavy atom. The Bertz CT molecular complexity index is 942. The third-order valence-electron chi connectivity index (χ3n) is 6.77. The number of hydrogen-bond acceptors (Lipinski definition) is 6. The first-order valence-electron chi connectivity index (χ1n) is 10.5. The van der Waals surface area contributed by atoms with Crippen molar-refractivity contribution in [1.82, 2.24) is 10.0 Å². The molecule has 32 heavy (non-hydrogen) atoms. The minimum Gasteiger partial charge on any atom is -0.436 e. The van der Waals surface area contributed by atoms with Crippen molar-refractivity contribution in [3.63, 3.8) is 0 Å². The van der Waals surface area contributed by atoms with E-state index in [1.807, 2.05) is 60.7 Å². The topological polar surface area (TPSA) is 99.5 Å². The van der Waals surface area contributed by atoms with E-state index in [0.29, 0.717) is 0 Å². The van der Waals surface area contributed by atoms with Crippen molar-refractivity contribution in [2.75, 3.05) is 0 Å². The van der Waals surface area contributed by atoms with Crippen LogP contribution in [-0.2, 0) is 22.3 Å². The molecule has 4 rings (SSSR count). The summed E-state index contributed by atoms with van der Waals surface area (Å²) in [7, 11) is 0. The highest BCUT2D eigenvalue weighted by Gasteiger charge is 2.70. The number of hydrazine groups is 1. The van der Waals surface area contributed by atoms with E-state index in [4.69, 9.17) is 9.47 Å². The number of ether oxygens (including phenoxy) is 2. The van der Waals surface area contributed by atoms with E-state index in [0.717, 1.165) is 21.1 Å². The molecule has 2 amide bonds. The van der Waals surface area contributed by atoms with Crippen molar-refractivity contribution in [3.8, 4) is 0 Å². The van der Waals surface area contributed by atoms with Gasteiger partial charge in [-0.1, -0.05) is 60.7 Å². The molecule has 2 aliphatic rings. The van der Waals surface area contributed by atoms with Gasteiger partial charge in [0.15, 0.2) is 11.2 Å². The molecule has 170 valence electrons. The smallest absolute Gasteiger partial charge is 0.432 e. The van der Waals surface area contributed by atoms with E-state index in [1.165, 1.54) is 13.8 Å². The summed E-state index contributed by atoms with van der Waals surface area (Å²) in [5.41, 5.74) is -5.01. The van der Waals surface area contributed by atoms with E-state index in [9.17, 15) is 19.8 Å². The van der Waals surface area contributed by atoms with Crippen molar-refractivity contribution in [1.29, 1.82) is 0 Å². The molecule has 0 radical (unpaired) electrons. The number of benzene rings is 2. The minimum absolute atomic E-state index is 0.204. The first kappa shape index (κ1) is 22.1. The number of aliphatic hydroxyl groups is 2. The highest BCUT2D eigenvalue weighted by Crippen LogP contribution is 2.47. The fourth-order valence-corrected chi connectivity index (χ4v) is 4.40. The van der Waals surface area contributed by atoms with Gasteiger partial charge in [-0.05, 0) is 38.8 Å². The van der Waals surface area contributed by atoms with Crippen molar-refractivity contribution in [3.05, 3.63) is 71.8 Å². The second-order valence-corrected chi connectivity index (χ2v) is 9.19. The van der Waals surface area contributed by atoms with E-state index in [2.05, 4.69) is 0 Å². The molecule has 0 aromatic heterocycles. The second kappa shape index (κ2) is 7.21. The molecule has 2 heterocycles. The number of amides is 2. The largest absolute Gasteiger partial charge is 0.436 e. The van der Waals surface area contributed by atoms with E-state index in [-0.39, 0.29) is 12.8 Å². The van der Waals surface area contributed by atoms with Gasteiger partial charge in [-0.2, -0.15) is 10.0 Å². The van der Waals surface area contributed by atoms with Gasteiger partial charge in [-0.15, -0.1) is 0 Å². The molecule has 2 aromatic carbocycles. The van der Waals surface area contributed by atoms with Crippen LogP contribution in [0.4, 0.5) is 9.59 Å². The summed E-state index contributed by atoms with van der Waals surface area (Å²) >= 11 is 0. The molecule has 8 nitrogen and oxygen atoms in total. The van der Waals surface area contributed by atoms with Crippen molar-refractivity contribution < 1.29 is 29.3 Å². The number of cyclic esters (lactones) is 2. The molecule has 0 saturated carbocycles. The average Bonchev–Trinajstić information content (AvgIpc) is 2.98. The SMILES string of the molecule is C[C@]1(Cc2ccccc2)OC(=O)N(N2C(=O)O[C@@](C)(Cc3ccccc3)[C@]2(C)O)[C@@]1(C)O. The third-order valence-corrected chi connectivity index (χ3v) is 6.77. The fraction of sp³-hybridized carbons (Fsp3) is 0.417. The van der Waals surface area contributed by atoms with Gasteiger partial charge in [0, 0.05) is 12.8 Å². The zero-order valence-electron chi connectivity index (χ0n) is 18.6. The summed E-state index contributed by atoms with van der Waals surface area (Å²) in [4.78, 5) is 25.9. The molecule has 0 aliphatic carbocycles.